The number of hydrogen-bond donors (Lipinski definition) is 0. The normalized spacial score (nSPS) is 32.0. The summed E-state index contributed by atoms with van der Waals surface area (Å²) in [6.45, 7) is 14.6. The minimum Gasteiger partial charge on any atom is -0.335 e. The molecule has 1 heterocycles. The molecule has 1 aliphatic heterocycles. The number of rotatable bonds is 1. The lowest BCUT2D eigenvalue weighted by atomic mass is 9.82. The summed E-state index contributed by atoms with van der Waals surface area (Å²) in [7, 11) is -1.45. The van der Waals surface area contributed by atoms with Gasteiger partial charge in [-0.1, -0.05) is 54.1 Å². The van der Waals surface area contributed by atoms with E-state index in [0.29, 0.717) is 0 Å². The van der Waals surface area contributed by atoms with Gasteiger partial charge in [0.05, 0.1) is 0 Å². The van der Waals surface area contributed by atoms with Gasteiger partial charge in [-0.15, -0.1) is 5.54 Å². The molecule has 2 atom stereocenters. The average molecular weight is 369 g/mol. The predicted molar refractivity (Wildman–Crippen MR) is 93.9 cm³/mol. The van der Waals surface area contributed by atoms with Crippen LogP contribution in [0.1, 0.15) is 33.1 Å². The third kappa shape index (κ3) is 3.53. The van der Waals surface area contributed by atoms with Crippen LogP contribution in [-0.4, -0.2) is 25.6 Å². The molecule has 0 radical (unpaired) electrons. The Kier molecular flexibility index (Phi) is 4.62. The zero-order chi connectivity index (χ0) is 15.9. The number of hydrogen-bond acceptors (Lipinski definition) is 2. The number of allylic oxidation sites excluding steroid dienone is 2. The fourth-order valence-corrected chi connectivity index (χ4v) is 4.30. The zero-order valence-corrected chi connectivity index (χ0v) is 16.3. The molecule has 21 heavy (non-hydrogen) atoms. The van der Waals surface area contributed by atoms with Crippen LogP contribution in [0.4, 0.5) is 0 Å². The van der Waals surface area contributed by atoms with E-state index in [9.17, 15) is 0 Å². The smallest absolute Gasteiger partial charge is 0.166 e. The van der Waals surface area contributed by atoms with E-state index in [1.807, 2.05) is 19.9 Å². The second-order valence-electron chi connectivity index (χ2n) is 7.31. The molecule has 0 aromatic heterocycles. The minimum absolute atomic E-state index is 0.219. The summed E-state index contributed by atoms with van der Waals surface area (Å²) in [6, 6.07) is 0. The Morgan fingerprint density at radius 2 is 2.05 bits per heavy atom. The Balaban J connectivity index is 2.47. The molecule has 2 nitrogen and oxygen atoms in total. The van der Waals surface area contributed by atoms with E-state index in [-0.39, 0.29) is 6.10 Å². The SMILES string of the molecule is C=CC1=C(Br)[C@@]2(CCC1)OC(C)(C)O[C@H]2C#C[Si](C)(C)C. The molecule has 2 aliphatic rings. The molecule has 0 N–H and O–H groups in total. The summed E-state index contributed by atoms with van der Waals surface area (Å²) in [5.41, 5.74) is 4.18. The molecular formula is C17H25BrO2Si. The van der Waals surface area contributed by atoms with E-state index >= 15 is 0 Å². The van der Waals surface area contributed by atoms with Gasteiger partial charge < -0.3 is 9.47 Å². The lowest BCUT2D eigenvalue weighted by molar-refractivity contribution is -0.155. The van der Waals surface area contributed by atoms with Crippen molar-refractivity contribution in [2.45, 2.75) is 70.2 Å². The molecule has 2 rings (SSSR count). The molecule has 0 aromatic rings. The summed E-state index contributed by atoms with van der Waals surface area (Å²) < 4.78 is 13.5. The lowest BCUT2D eigenvalue weighted by Gasteiger charge is -2.36. The first kappa shape index (κ1) is 17.0. The van der Waals surface area contributed by atoms with Crippen LogP contribution in [0.15, 0.2) is 22.7 Å². The van der Waals surface area contributed by atoms with Crippen molar-refractivity contribution in [2.24, 2.45) is 0 Å². The van der Waals surface area contributed by atoms with Crippen molar-refractivity contribution < 1.29 is 9.47 Å². The number of ether oxygens (including phenoxy) is 2. The quantitative estimate of drug-likeness (QED) is 0.489. The van der Waals surface area contributed by atoms with Gasteiger partial charge in [0.25, 0.3) is 0 Å². The fourth-order valence-electron chi connectivity index (χ4n) is 2.89. The van der Waals surface area contributed by atoms with Crippen LogP contribution in [0.25, 0.3) is 0 Å². The van der Waals surface area contributed by atoms with Crippen LogP contribution in [-0.2, 0) is 9.47 Å². The number of halogens is 1. The maximum absolute atomic E-state index is 6.34. The fraction of sp³-hybridized carbons (Fsp3) is 0.647. The van der Waals surface area contributed by atoms with E-state index in [1.165, 1.54) is 5.57 Å². The summed E-state index contributed by atoms with van der Waals surface area (Å²) in [5, 5.41) is 0. The maximum atomic E-state index is 6.34. The standard InChI is InChI=1S/C17H25BrO2Si/c1-7-13-9-8-11-17(15(13)18)14(10-12-21(4,5)6)19-16(2,3)20-17/h7,14H,1,8-9,11H2,2-6H3/t14-,17-/m0/s1. The van der Waals surface area contributed by atoms with Crippen molar-refractivity contribution >= 4 is 24.0 Å². The lowest BCUT2D eigenvalue weighted by Crippen LogP contribution is -2.42. The first-order chi connectivity index (χ1) is 9.60. The van der Waals surface area contributed by atoms with Gasteiger partial charge in [0.15, 0.2) is 11.9 Å². The molecule has 0 aromatic carbocycles. The molecule has 0 unspecified atom stereocenters. The largest absolute Gasteiger partial charge is 0.335 e. The van der Waals surface area contributed by atoms with Gasteiger partial charge in [-0.2, -0.15) is 0 Å². The molecule has 0 saturated carbocycles. The molecule has 116 valence electrons. The third-order valence-corrected chi connectivity index (χ3v) is 5.80. The average Bonchev–Trinajstić information content (AvgIpc) is 2.61. The van der Waals surface area contributed by atoms with E-state index < -0.39 is 19.5 Å². The Hall–Kier alpha value is -0.343. The van der Waals surface area contributed by atoms with Crippen LogP contribution in [0, 0.1) is 11.5 Å². The topological polar surface area (TPSA) is 18.5 Å². The molecule has 0 bridgehead atoms. The minimum atomic E-state index is -1.45. The molecular weight excluding hydrogens is 344 g/mol. The highest BCUT2D eigenvalue weighted by Gasteiger charge is 2.55. The van der Waals surface area contributed by atoms with Gasteiger partial charge in [-0.25, -0.2) is 0 Å². The van der Waals surface area contributed by atoms with E-state index in [1.54, 1.807) is 0 Å². The monoisotopic (exact) mass is 368 g/mol. The van der Waals surface area contributed by atoms with Crippen LogP contribution < -0.4 is 0 Å². The van der Waals surface area contributed by atoms with Crippen molar-refractivity contribution in [2.75, 3.05) is 0 Å². The van der Waals surface area contributed by atoms with Crippen LogP contribution in [0.2, 0.25) is 19.6 Å². The zero-order valence-electron chi connectivity index (χ0n) is 13.7. The highest BCUT2D eigenvalue weighted by Crippen LogP contribution is 2.50. The molecule has 1 spiro atoms. The Labute approximate surface area is 138 Å². The van der Waals surface area contributed by atoms with Crippen molar-refractivity contribution in [1.82, 2.24) is 0 Å². The first-order valence-electron chi connectivity index (χ1n) is 7.52. The summed E-state index contributed by atoms with van der Waals surface area (Å²) in [6.07, 6.45) is 4.73. The molecule has 1 saturated heterocycles. The Bertz CT molecular complexity index is 533. The maximum Gasteiger partial charge on any atom is 0.166 e. The summed E-state index contributed by atoms with van der Waals surface area (Å²) >= 11 is 3.76. The van der Waals surface area contributed by atoms with Crippen LogP contribution >= 0.6 is 15.9 Å². The molecule has 1 aliphatic carbocycles. The second-order valence-corrected chi connectivity index (χ2v) is 12.8. The third-order valence-electron chi connectivity index (χ3n) is 3.73. The van der Waals surface area contributed by atoms with Gasteiger partial charge >= 0.3 is 0 Å². The molecule has 4 heteroatoms. The highest BCUT2D eigenvalue weighted by atomic mass is 79.9. The highest BCUT2D eigenvalue weighted by molar-refractivity contribution is 9.11. The van der Waals surface area contributed by atoms with Crippen LogP contribution in [0.5, 0.6) is 0 Å². The van der Waals surface area contributed by atoms with Crippen LogP contribution in [0.3, 0.4) is 0 Å². The van der Waals surface area contributed by atoms with Gasteiger partial charge in [-0.3, -0.25) is 0 Å². The molecule has 1 fully saturated rings. The molecule has 0 amide bonds. The first-order valence-corrected chi connectivity index (χ1v) is 11.8. The van der Waals surface area contributed by atoms with E-state index in [0.717, 1.165) is 23.7 Å². The van der Waals surface area contributed by atoms with Crippen molar-refractivity contribution in [3.63, 3.8) is 0 Å². The Morgan fingerprint density at radius 3 is 2.62 bits per heavy atom. The van der Waals surface area contributed by atoms with Gasteiger partial charge in [0, 0.05) is 4.48 Å². The van der Waals surface area contributed by atoms with Gasteiger partial charge in [-0.05, 0) is 38.7 Å². The summed E-state index contributed by atoms with van der Waals surface area (Å²) in [4.78, 5) is 0. The van der Waals surface area contributed by atoms with Gasteiger partial charge in [0.2, 0.25) is 0 Å². The van der Waals surface area contributed by atoms with E-state index in [4.69, 9.17) is 9.47 Å². The van der Waals surface area contributed by atoms with Crippen molar-refractivity contribution in [3.05, 3.63) is 22.7 Å². The Morgan fingerprint density at radius 1 is 1.38 bits per heavy atom. The second kappa shape index (κ2) is 5.70. The predicted octanol–water partition coefficient (Wildman–Crippen LogP) is 4.78. The summed E-state index contributed by atoms with van der Waals surface area (Å²) in [5.74, 6) is 2.77. The van der Waals surface area contributed by atoms with E-state index in [2.05, 4.69) is 53.6 Å². The van der Waals surface area contributed by atoms with Crippen molar-refractivity contribution in [3.8, 4) is 11.5 Å². The van der Waals surface area contributed by atoms with Gasteiger partial charge in [0.1, 0.15) is 13.7 Å². The van der Waals surface area contributed by atoms with Crippen molar-refractivity contribution in [1.29, 1.82) is 0 Å².